The van der Waals surface area contributed by atoms with Gasteiger partial charge in [-0.25, -0.2) is 4.98 Å². The summed E-state index contributed by atoms with van der Waals surface area (Å²) >= 11 is 1.41. The number of aromatic nitrogens is 1. The lowest BCUT2D eigenvalue weighted by molar-refractivity contribution is -0.122. The van der Waals surface area contributed by atoms with Gasteiger partial charge < -0.3 is 20.5 Å². The third kappa shape index (κ3) is 5.11. The van der Waals surface area contributed by atoms with E-state index in [0.29, 0.717) is 29.6 Å². The minimum atomic E-state index is -0.821. The lowest BCUT2D eigenvalue weighted by Crippen LogP contribution is -2.63. The summed E-state index contributed by atoms with van der Waals surface area (Å²) in [5.74, 6) is -0.417. The van der Waals surface area contributed by atoms with Crippen molar-refractivity contribution in [3.63, 3.8) is 0 Å². The first-order valence-electron chi connectivity index (χ1n) is 11.0. The van der Waals surface area contributed by atoms with E-state index in [1.54, 1.807) is 25.4 Å². The van der Waals surface area contributed by atoms with Gasteiger partial charge in [0.2, 0.25) is 5.91 Å². The van der Waals surface area contributed by atoms with Crippen LogP contribution in [0.4, 0.5) is 0 Å². The number of aliphatic hydroxyl groups is 1. The number of hydrogen-bond donors (Lipinski definition) is 3. The van der Waals surface area contributed by atoms with Crippen LogP contribution in [0.15, 0.2) is 30.5 Å². The van der Waals surface area contributed by atoms with Gasteiger partial charge in [0.15, 0.2) is 0 Å². The maximum absolute atomic E-state index is 12.2. The maximum Gasteiger partial charge on any atom is 0.273 e. The molecule has 1 aromatic carbocycles. The molecule has 9 heteroatoms. The van der Waals surface area contributed by atoms with Crippen LogP contribution in [0, 0.1) is 6.92 Å². The summed E-state index contributed by atoms with van der Waals surface area (Å²) in [5.41, 5.74) is 0.741. The molecular weight excluding hydrogens is 428 g/mol. The number of thiazole rings is 1. The number of methoxy groups -OCH3 is 1. The van der Waals surface area contributed by atoms with E-state index in [1.165, 1.54) is 11.3 Å². The fraction of sp³-hybridized carbons (Fsp3) is 0.522. The monoisotopic (exact) mass is 458 g/mol. The highest BCUT2D eigenvalue weighted by atomic mass is 32.1. The predicted octanol–water partition coefficient (Wildman–Crippen LogP) is 1.82. The van der Waals surface area contributed by atoms with Gasteiger partial charge in [-0.2, -0.15) is 0 Å². The molecule has 2 fully saturated rings. The van der Waals surface area contributed by atoms with Crippen LogP contribution in [0.2, 0.25) is 0 Å². The van der Waals surface area contributed by atoms with E-state index in [0.717, 1.165) is 36.4 Å². The average Bonchev–Trinajstić information content (AvgIpc) is 3.25. The molecule has 0 radical (unpaired) electrons. The van der Waals surface area contributed by atoms with Crippen LogP contribution >= 0.6 is 11.3 Å². The third-order valence-electron chi connectivity index (χ3n) is 6.38. The fourth-order valence-corrected chi connectivity index (χ4v) is 5.37. The third-order valence-corrected chi connectivity index (χ3v) is 7.53. The number of rotatable bonds is 7. The van der Waals surface area contributed by atoms with Crippen LogP contribution in [-0.4, -0.2) is 65.6 Å². The summed E-state index contributed by atoms with van der Waals surface area (Å²) in [6.07, 6.45) is 4.92. The second kappa shape index (κ2) is 9.56. The van der Waals surface area contributed by atoms with Gasteiger partial charge in [-0.3, -0.25) is 14.5 Å². The molecule has 32 heavy (non-hydrogen) atoms. The van der Waals surface area contributed by atoms with Crippen molar-refractivity contribution in [3.8, 4) is 5.19 Å². The zero-order chi connectivity index (χ0) is 22.7. The topological polar surface area (TPSA) is 104 Å². The first-order valence-corrected chi connectivity index (χ1v) is 11.8. The van der Waals surface area contributed by atoms with E-state index < -0.39 is 5.60 Å². The SMILES string of the molecule is COc1ncc(C2(O)CCC(N3CC(NC(=O)CNC(=O)c4cccc(C)c4)C3)CC2)s1. The van der Waals surface area contributed by atoms with Gasteiger partial charge in [0.05, 0.1) is 24.6 Å². The number of amides is 2. The number of nitrogens with one attached hydrogen (secondary N) is 2. The molecule has 8 nitrogen and oxygen atoms in total. The Morgan fingerprint density at radius 1 is 1.31 bits per heavy atom. The second-order valence-electron chi connectivity index (χ2n) is 8.73. The molecule has 0 unspecified atom stereocenters. The second-order valence-corrected chi connectivity index (χ2v) is 9.72. The van der Waals surface area contributed by atoms with Crippen molar-refractivity contribution in [2.45, 2.75) is 50.3 Å². The molecule has 4 rings (SSSR count). The number of carbonyl (C=O) groups excluding carboxylic acids is 2. The van der Waals surface area contributed by atoms with Crippen LogP contribution in [0.1, 0.15) is 46.5 Å². The Balaban J connectivity index is 1.16. The fourth-order valence-electron chi connectivity index (χ4n) is 4.49. The number of aryl methyl sites for hydroxylation is 1. The number of likely N-dealkylation sites (tertiary alicyclic amines) is 1. The van der Waals surface area contributed by atoms with Gasteiger partial charge >= 0.3 is 0 Å². The molecule has 0 spiro atoms. The van der Waals surface area contributed by atoms with Gasteiger partial charge in [-0.1, -0.05) is 29.0 Å². The van der Waals surface area contributed by atoms with Gasteiger partial charge in [0, 0.05) is 30.9 Å². The van der Waals surface area contributed by atoms with Gasteiger partial charge in [-0.05, 0) is 44.7 Å². The smallest absolute Gasteiger partial charge is 0.273 e. The molecular formula is C23H30N4O4S. The highest BCUT2D eigenvalue weighted by molar-refractivity contribution is 7.13. The summed E-state index contributed by atoms with van der Waals surface area (Å²) in [4.78, 5) is 31.8. The Kier molecular flexibility index (Phi) is 6.78. The first-order chi connectivity index (χ1) is 15.4. The van der Waals surface area contributed by atoms with Crippen molar-refractivity contribution in [3.05, 3.63) is 46.5 Å². The molecule has 0 atom stereocenters. The van der Waals surface area contributed by atoms with Crippen molar-refractivity contribution in [2.75, 3.05) is 26.7 Å². The summed E-state index contributed by atoms with van der Waals surface area (Å²) in [6.45, 7) is 3.50. The zero-order valence-corrected chi connectivity index (χ0v) is 19.3. The Morgan fingerprint density at radius 2 is 2.06 bits per heavy atom. The molecule has 2 amide bonds. The Bertz CT molecular complexity index is 964. The lowest BCUT2D eigenvalue weighted by atomic mass is 9.80. The van der Waals surface area contributed by atoms with Crippen LogP contribution in [0.3, 0.4) is 0 Å². The van der Waals surface area contributed by atoms with E-state index in [2.05, 4.69) is 20.5 Å². The summed E-state index contributed by atoms with van der Waals surface area (Å²) in [5, 5.41) is 17.3. The molecule has 2 aromatic rings. The van der Waals surface area contributed by atoms with Crippen LogP contribution in [0.5, 0.6) is 5.19 Å². The Morgan fingerprint density at radius 3 is 2.72 bits per heavy atom. The molecule has 1 aliphatic heterocycles. The van der Waals surface area contributed by atoms with E-state index in [9.17, 15) is 14.7 Å². The number of ether oxygens (including phenoxy) is 1. The molecule has 1 saturated heterocycles. The molecule has 2 heterocycles. The lowest BCUT2D eigenvalue weighted by Gasteiger charge is -2.48. The summed E-state index contributed by atoms with van der Waals surface area (Å²) < 4.78 is 5.15. The van der Waals surface area contributed by atoms with Crippen LogP contribution in [-0.2, 0) is 10.4 Å². The highest BCUT2D eigenvalue weighted by Crippen LogP contribution is 2.42. The van der Waals surface area contributed by atoms with Crippen molar-refractivity contribution < 1.29 is 19.4 Å². The Hall–Kier alpha value is -2.49. The summed E-state index contributed by atoms with van der Waals surface area (Å²) in [7, 11) is 1.58. The van der Waals surface area contributed by atoms with Crippen molar-refractivity contribution in [1.29, 1.82) is 0 Å². The van der Waals surface area contributed by atoms with E-state index in [1.807, 2.05) is 19.1 Å². The van der Waals surface area contributed by atoms with E-state index >= 15 is 0 Å². The van der Waals surface area contributed by atoms with Crippen molar-refractivity contribution in [1.82, 2.24) is 20.5 Å². The first kappa shape index (κ1) is 22.7. The molecule has 172 valence electrons. The maximum atomic E-state index is 12.2. The Labute approximate surface area is 192 Å². The zero-order valence-electron chi connectivity index (χ0n) is 18.5. The van der Waals surface area contributed by atoms with Gasteiger partial charge in [0.25, 0.3) is 11.1 Å². The highest BCUT2D eigenvalue weighted by Gasteiger charge is 2.41. The van der Waals surface area contributed by atoms with E-state index in [4.69, 9.17) is 4.74 Å². The molecule has 1 aliphatic carbocycles. The molecule has 1 aromatic heterocycles. The molecule has 2 aliphatic rings. The molecule has 3 N–H and O–H groups in total. The number of benzene rings is 1. The molecule has 0 bridgehead atoms. The largest absolute Gasteiger partial charge is 0.473 e. The average molecular weight is 459 g/mol. The minimum absolute atomic E-state index is 0.0297. The minimum Gasteiger partial charge on any atom is -0.473 e. The number of hydrogen-bond acceptors (Lipinski definition) is 7. The van der Waals surface area contributed by atoms with E-state index in [-0.39, 0.29) is 24.4 Å². The molecule has 1 saturated carbocycles. The number of nitrogens with zero attached hydrogens (tertiary/aromatic N) is 2. The van der Waals surface area contributed by atoms with Crippen LogP contribution < -0.4 is 15.4 Å². The van der Waals surface area contributed by atoms with Crippen molar-refractivity contribution in [2.24, 2.45) is 0 Å². The number of carbonyl (C=O) groups is 2. The van der Waals surface area contributed by atoms with Gasteiger partial charge in [-0.15, -0.1) is 0 Å². The normalized spacial score (nSPS) is 23.9. The summed E-state index contributed by atoms with van der Waals surface area (Å²) in [6, 6.07) is 7.81. The standard InChI is InChI=1S/C23H30N4O4S/c1-15-4-3-5-16(10-15)21(29)24-12-20(28)26-17-13-27(14-17)18-6-8-23(30,9-7-18)19-11-25-22(31-2)32-19/h3-5,10-11,17-18,30H,6-9,12-14H2,1-2H3,(H,24,29)(H,26,28). The van der Waals surface area contributed by atoms with Gasteiger partial charge in [0.1, 0.15) is 5.60 Å². The van der Waals surface area contributed by atoms with Crippen LogP contribution in [0.25, 0.3) is 0 Å². The predicted molar refractivity (Wildman–Crippen MR) is 122 cm³/mol. The van der Waals surface area contributed by atoms with Crippen molar-refractivity contribution >= 4 is 23.2 Å². The quantitative estimate of drug-likeness (QED) is 0.585.